The topological polar surface area (TPSA) is 71.9 Å². The van der Waals surface area contributed by atoms with Crippen LogP contribution in [0.5, 0.6) is 0 Å². The van der Waals surface area contributed by atoms with Gasteiger partial charge in [-0.1, -0.05) is 29.3 Å². The van der Waals surface area contributed by atoms with Gasteiger partial charge in [-0.25, -0.2) is 4.98 Å². The summed E-state index contributed by atoms with van der Waals surface area (Å²) in [6.45, 7) is 0. The molecule has 0 saturated heterocycles. The summed E-state index contributed by atoms with van der Waals surface area (Å²) < 4.78 is 0. The molecule has 2 aromatic rings. The van der Waals surface area contributed by atoms with Crippen LogP contribution in [0.4, 0.5) is 0 Å². The second-order valence-corrected chi connectivity index (χ2v) is 5.14. The van der Waals surface area contributed by atoms with Gasteiger partial charge in [-0.2, -0.15) is 0 Å². The van der Waals surface area contributed by atoms with E-state index in [1.165, 1.54) is 18.4 Å². The van der Waals surface area contributed by atoms with E-state index in [0.29, 0.717) is 26.2 Å². The van der Waals surface area contributed by atoms with E-state index in [9.17, 15) is 5.11 Å². The van der Waals surface area contributed by atoms with Crippen LogP contribution in [0.2, 0.25) is 10.0 Å². The van der Waals surface area contributed by atoms with Crippen molar-refractivity contribution in [2.45, 2.75) is 6.23 Å². The Morgan fingerprint density at radius 1 is 1.37 bits per heavy atom. The highest BCUT2D eigenvalue weighted by Crippen LogP contribution is 2.39. The lowest BCUT2D eigenvalue weighted by molar-refractivity contribution is 0.182. The summed E-state index contributed by atoms with van der Waals surface area (Å²) in [5.41, 5.74) is 2.67. The molecular formula is C11H9Cl2N4OS+. The number of hydrogen-bond donors (Lipinski definition) is 1. The predicted octanol–water partition coefficient (Wildman–Crippen LogP) is 3.71. The number of aromatic nitrogens is 1. The van der Waals surface area contributed by atoms with Crippen LogP contribution in [0.1, 0.15) is 11.1 Å². The van der Waals surface area contributed by atoms with Crippen LogP contribution in [0.15, 0.2) is 33.9 Å². The Morgan fingerprint density at radius 2 is 2.05 bits per heavy atom. The lowest BCUT2D eigenvalue weighted by Crippen LogP contribution is -1.94. The van der Waals surface area contributed by atoms with Gasteiger partial charge in [0.2, 0.25) is 4.91 Å². The highest BCUT2D eigenvalue weighted by atomic mass is 35.5. The molecule has 0 fully saturated rings. The zero-order valence-corrected chi connectivity index (χ0v) is 12.1. The summed E-state index contributed by atoms with van der Waals surface area (Å²) in [6, 6.07) is 5.16. The minimum atomic E-state index is -1.14. The molecule has 0 aliphatic heterocycles. The van der Waals surface area contributed by atoms with Crippen LogP contribution in [-0.2, 0) is 0 Å². The monoisotopic (exact) mass is 315 g/mol. The zero-order chi connectivity index (χ0) is 13.8. The largest absolute Gasteiger partial charge is 0.362 e. The van der Waals surface area contributed by atoms with Gasteiger partial charge < -0.3 is 5.11 Å². The molecule has 1 aromatic heterocycles. The molecule has 19 heavy (non-hydrogen) atoms. The van der Waals surface area contributed by atoms with Crippen LogP contribution in [-0.4, -0.2) is 17.1 Å². The summed E-state index contributed by atoms with van der Waals surface area (Å²) >= 11 is 13.5. The number of aliphatic hydroxyl groups excluding tert-OH is 1. The van der Waals surface area contributed by atoms with Crippen molar-refractivity contribution in [2.75, 3.05) is 7.05 Å². The maximum Gasteiger partial charge on any atom is 0.267 e. The number of halogens is 2. The van der Waals surface area contributed by atoms with Gasteiger partial charge >= 0.3 is 0 Å². The molecule has 8 heteroatoms. The first kappa shape index (κ1) is 14.1. The van der Waals surface area contributed by atoms with Crippen molar-refractivity contribution in [1.29, 1.82) is 0 Å². The van der Waals surface area contributed by atoms with Gasteiger partial charge in [0.25, 0.3) is 6.23 Å². The third kappa shape index (κ3) is 3.00. The minimum Gasteiger partial charge on any atom is -0.362 e. The van der Waals surface area contributed by atoms with Crippen LogP contribution in [0.25, 0.3) is 11.3 Å². The summed E-state index contributed by atoms with van der Waals surface area (Å²) in [7, 11) is 1.47. The van der Waals surface area contributed by atoms with Crippen LogP contribution < -0.4 is 4.91 Å². The number of hydrogen-bond acceptors (Lipinski definition) is 5. The molecule has 5 nitrogen and oxygen atoms in total. The molecule has 98 valence electrons. The number of thiazole rings is 1. The number of aliphatic hydroxyl groups is 1. The molecule has 0 amide bonds. The van der Waals surface area contributed by atoms with Crippen LogP contribution in [0, 0.1) is 0 Å². The smallest absolute Gasteiger partial charge is 0.267 e. The Kier molecular flexibility index (Phi) is 4.63. The number of benzene rings is 1. The standard InChI is InChI=1S/C11H9Cl2N4OS/c1-14-17-16-11(18)10-9(15-5-19-10)8-6(12)3-2-4-7(8)13/h2-5,11,18H,1H3/q+1. The van der Waals surface area contributed by atoms with Crippen molar-refractivity contribution in [3.05, 3.63) is 38.6 Å². The van der Waals surface area contributed by atoms with Gasteiger partial charge in [0, 0.05) is 5.56 Å². The Bertz CT molecular complexity index is 632. The van der Waals surface area contributed by atoms with Gasteiger partial charge in [-0.15, -0.1) is 11.3 Å². The molecule has 0 spiro atoms. The highest BCUT2D eigenvalue weighted by molar-refractivity contribution is 7.10. The van der Waals surface area contributed by atoms with E-state index in [1.807, 2.05) is 0 Å². The molecule has 1 unspecified atom stereocenters. The maximum atomic E-state index is 9.93. The fourth-order valence-electron chi connectivity index (χ4n) is 1.50. The Hall–Kier alpha value is -1.30. The van der Waals surface area contributed by atoms with Crippen LogP contribution >= 0.6 is 34.5 Å². The quantitative estimate of drug-likeness (QED) is 0.692. The Labute approximate surface area is 123 Å². The average Bonchev–Trinajstić information content (AvgIpc) is 2.85. The molecule has 2 rings (SSSR count). The van der Waals surface area contributed by atoms with E-state index in [2.05, 4.69) is 20.1 Å². The minimum absolute atomic E-state index is 0.462. The van der Waals surface area contributed by atoms with E-state index in [-0.39, 0.29) is 0 Å². The van der Waals surface area contributed by atoms with Crippen molar-refractivity contribution < 1.29 is 5.11 Å². The Morgan fingerprint density at radius 3 is 2.68 bits per heavy atom. The van der Waals surface area contributed by atoms with E-state index < -0.39 is 6.23 Å². The molecular weight excluding hydrogens is 307 g/mol. The summed E-state index contributed by atoms with van der Waals surface area (Å²) in [5.74, 6) is 0. The van der Waals surface area contributed by atoms with Gasteiger partial charge in [-0.05, 0) is 12.1 Å². The third-order valence-electron chi connectivity index (χ3n) is 2.28. The summed E-state index contributed by atoms with van der Waals surface area (Å²) in [6.07, 6.45) is -1.14. The number of rotatable bonds is 3. The fourth-order valence-corrected chi connectivity index (χ4v) is 2.79. The van der Waals surface area contributed by atoms with Crippen molar-refractivity contribution in [3.8, 4) is 11.3 Å². The van der Waals surface area contributed by atoms with Gasteiger partial charge in [0.15, 0.2) is 5.11 Å². The van der Waals surface area contributed by atoms with E-state index in [0.717, 1.165) is 0 Å². The van der Waals surface area contributed by atoms with Crippen molar-refractivity contribution in [2.24, 2.45) is 10.2 Å². The molecule has 1 aromatic carbocycles. The van der Waals surface area contributed by atoms with E-state index >= 15 is 0 Å². The first-order valence-electron chi connectivity index (χ1n) is 5.20. The fraction of sp³-hybridized carbons (Fsp3) is 0.182. The van der Waals surface area contributed by atoms with Crippen molar-refractivity contribution >= 4 is 34.5 Å². The first-order chi connectivity index (χ1) is 9.15. The number of nitrogens with zero attached hydrogens (tertiary/aromatic N) is 4. The lowest BCUT2D eigenvalue weighted by Gasteiger charge is -2.06. The second-order valence-electron chi connectivity index (χ2n) is 3.44. The van der Waals surface area contributed by atoms with Crippen molar-refractivity contribution in [3.63, 3.8) is 0 Å². The van der Waals surface area contributed by atoms with Crippen LogP contribution in [0.3, 0.4) is 0 Å². The predicted molar refractivity (Wildman–Crippen MR) is 75.4 cm³/mol. The first-order valence-corrected chi connectivity index (χ1v) is 6.83. The van der Waals surface area contributed by atoms with Gasteiger partial charge in [0.1, 0.15) is 12.2 Å². The lowest BCUT2D eigenvalue weighted by atomic mass is 10.1. The Balaban J connectivity index is 2.53. The van der Waals surface area contributed by atoms with E-state index in [4.69, 9.17) is 23.2 Å². The van der Waals surface area contributed by atoms with Crippen molar-refractivity contribution in [1.82, 2.24) is 9.90 Å². The second kappa shape index (κ2) is 6.23. The molecule has 0 bridgehead atoms. The molecule has 0 aliphatic rings. The van der Waals surface area contributed by atoms with Gasteiger partial charge in [-0.3, -0.25) is 0 Å². The molecule has 0 radical (unpaired) electrons. The zero-order valence-electron chi connectivity index (χ0n) is 9.79. The van der Waals surface area contributed by atoms with Gasteiger partial charge in [0.05, 0.1) is 26.1 Å². The SMILES string of the molecule is CN=[N+]=NC(O)c1scnc1-c1c(Cl)cccc1Cl. The summed E-state index contributed by atoms with van der Waals surface area (Å²) in [5, 5.41) is 17.9. The van der Waals surface area contributed by atoms with E-state index in [1.54, 1.807) is 23.7 Å². The molecule has 1 heterocycles. The third-order valence-corrected chi connectivity index (χ3v) is 3.78. The molecule has 0 aliphatic carbocycles. The highest BCUT2D eigenvalue weighted by Gasteiger charge is 2.23. The molecule has 1 N–H and O–H groups in total. The molecule has 0 saturated carbocycles. The maximum absolute atomic E-state index is 9.93. The molecule has 1 atom stereocenters. The average molecular weight is 316 g/mol. The normalized spacial score (nSPS) is 11.8. The summed E-state index contributed by atoms with van der Waals surface area (Å²) in [4.78, 5) is 8.13.